The Balaban J connectivity index is 1.87. The molecule has 4 heteroatoms. The fraction of sp³-hybridized carbons (Fsp3) is 0. The first-order valence-electron chi connectivity index (χ1n) is 9.72. The van der Waals surface area contributed by atoms with E-state index < -0.39 is 8.32 Å². The third-order valence-corrected chi connectivity index (χ3v) is 8.82. The highest BCUT2D eigenvalue weighted by Crippen LogP contribution is 2.11. The number of nitrogens with zero attached hydrogens (tertiary/aromatic N) is 2. The van der Waals surface area contributed by atoms with E-state index >= 15 is 0 Å². The van der Waals surface area contributed by atoms with Crippen LogP contribution in [0.25, 0.3) is 0 Å². The minimum Gasteiger partial charge on any atom is -0.438 e. The van der Waals surface area contributed by atoms with E-state index in [2.05, 4.69) is 47.6 Å². The Hall–Kier alpha value is -3.94. The van der Waals surface area contributed by atoms with Crippen molar-refractivity contribution in [3.63, 3.8) is 0 Å². The fourth-order valence-electron chi connectivity index (χ4n) is 3.55. The summed E-state index contributed by atoms with van der Waals surface area (Å²) in [7, 11) is -2.89. The summed E-state index contributed by atoms with van der Waals surface area (Å²) >= 11 is 0. The Morgan fingerprint density at radius 1 is 0.633 bits per heavy atom. The van der Waals surface area contributed by atoms with Crippen LogP contribution in [0.15, 0.2) is 120 Å². The highest BCUT2D eigenvalue weighted by molar-refractivity contribution is 7.07. The lowest BCUT2D eigenvalue weighted by Gasteiger charge is -2.30. The van der Waals surface area contributed by atoms with Gasteiger partial charge in [0.1, 0.15) is 0 Å². The Morgan fingerprint density at radius 2 is 1.07 bits per heavy atom. The molecule has 0 aliphatic carbocycles. The molecule has 4 aromatic carbocycles. The second kappa shape index (κ2) is 9.04. The third-order valence-electron chi connectivity index (χ3n) is 5.00. The van der Waals surface area contributed by atoms with Crippen LogP contribution in [0.5, 0.6) is 0 Å². The van der Waals surface area contributed by atoms with Gasteiger partial charge in [0.05, 0.1) is 17.8 Å². The van der Waals surface area contributed by atoms with E-state index in [9.17, 15) is 5.26 Å². The molecule has 0 unspecified atom stereocenters. The number of oxime groups is 1. The molecule has 0 N–H and O–H groups in total. The number of hydrogen-bond donors (Lipinski definition) is 0. The number of hydrogen-bond acceptors (Lipinski definition) is 3. The van der Waals surface area contributed by atoms with Crippen molar-refractivity contribution in [3.8, 4) is 6.07 Å². The zero-order chi connectivity index (χ0) is 20.7. The van der Waals surface area contributed by atoms with Gasteiger partial charge >= 0.3 is 8.32 Å². The minimum absolute atomic E-state index is 0.566. The summed E-state index contributed by atoms with van der Waals surface area (Å²) in [6.07, 6.45) is 1.63. The molecule has 30 heavy (non-hydrogen) atoms. The van der Waals surface area contributed by atoms with Crippen LogP contribution in [-0.2, 0) is 4.53 Å². The molecule has 3 nitrogen and oxygen atoms in total. The maximum Gasteiger partial charge on any atom is 0.380 e. The first-order valence-corrected chi connectivity index (χ1v) is 11.6. The molecule has 4 aromatic rings. The van der Waals surface area contributed by atoms with E-state index in [4.69, 9.17) is 4.53 Å². The molecule has 0 fully saturated rings. The SMILES string of the molecule is N#Cc1ccccc1C=NO[Si](c1ccccc1)(c1ccccc1)c1ccccc1. The second-order valence-corrected chi connectivity index (χ2v) is 10.1. The highest BCUT2D eigenvalue weighted by atomic mass is 28.4. The normalized spacial score (nSPS) is 11.2. The van der Waals surface area contributed by atoms with Crippen molar-refractivity contribution < 1.29 is 4.53 Å². The van der Waals surface area contributed by atoms with Gasteiger partial charge in [-0.05, 0) is 21.6 Å². The molecule has 0 bridgehead atoms. The summed E-state index contributed by atoms with van der Waals surface area (Å²) in [5.41, 5.74) is 1.30. The van der Waals surface area contributed by atoms with Crippen molar-refractivity contribution in [2.45, 2.75) is 0 Å². The number of nitriles is 1. The molecule has 0 spiro atoms. The van der Waals surface area contributed by atoms with Gasteiger partial charge in [0, 0.05) is 5.56 Å². The van der Waals surface area contributed by atoms with Crippen LogP contribution >= 0.6 is 0 Å². The predicted molar refractivity (Wildman–Crippen MR) is 124 cm³/mol. The van der Waals surface area contributed by atoms with Crippen LogP contribution < -0.4 is 15.6 Å². The van der Waals surface area contributed by atoms with Gasteiger partial charge in [-0.1, -0.05) is 109 Å². The maximum absolute atomic E-state index is 9.37. The summed E-state index contributed by atoms with van der Waals surface area (Å²) in [6, 6.07) is 40.4. The molecule has 0 saturated carbocycles. The topological polar surface area (TPSA) is 45.4 Å². The quantitative estimate of drug-likeness (QED) is 0.213. The Morgan fingerprint density at radius 3 is 1.53 bits per heavy atom. The molecule has 0 aromatic heterocycles. The van der Waals surface area contributed by atoms with Crippen LogP contribution in [0.1, 0.15) is 11.1 Å². The predicted octanol–water partition coefficient (Wildman–Crippen LogP) is 3.58. The molecule has 0 aliphatic rings. The summed E-state index contributed by atoms with van der Waals surface area (Å²) in [5.74, 6) is 0. The number of benzene rings is 4. The van der Waals surface area contributed by atoms with E-state index in [0.717, 1.165) is 21.1 Å². The molecule has 0 atom stereocenters. The summed E-state index contributed by atoms with van der Waals surface area (Å²) < 4.78 is 6.49. The van der Waals surface area contributed by atoms with Crippen LogP contribution in [0.2, 0.25) is 0 Å². The van der Waals surface area contributed by atoms with Gasteiger partial charge in [0.2, 0.25) is 0 Å². The molecule has 0 saturated heterocycles. The molecule has 144 valence electrons. The largest absolute Gasteiger partial charge is 0.438 e. The van der Waals surface area contributed by atoms with Gasteiger partial charge in [-0.2, -0.15) is 5.26 Å². The van der Waals surface area contributed by atoms with Crippen LogP contribution in [0, 0.1) is 11.3 Å². The molecular weight excluding hydrogens is 384 g/mol. The van der Waals surface area contributed by atoms with Gasteiger partial charge in [0.15, 0.2) is 0 Å². The van der Waals surface area contributed by atoms with E-state index in [-0.39, 0.29) is 0 Å². The molecule has 0 amide bonds. The van der Waals surface area contributed by atoms with Gasteiger partial charge in [-0.25, -0.2) is 0 Å². The average molecular weight is 405 g/mol. The van der Waals surface area contributed by atoms with Gasteiger partial charge in [-0.15, -0.1) is 5.16 Å². The summed E-state index contributed by atoms with van der Waals surface area (Å²) in [5, 5.41) is 17.1. The summed E-state index contributed by atoms with van der Waals surface area (Å²) in [4.78, 5) is 0. The maximum atomic E-state index is 9.37. The Labute approximate surface area is 177 Å². The lowest BCUT2D eigenvalue weighted by molar-refractivity contribution is 0.351. The van der Waals surface area contributed by atoms with Crippen molar-refractivity contribution in [1.82, 2.24) is 0 Å². The smallest absolute Gasteiger partial charge is 0.380 e. The van der Waals surface area contributed by atoms with Crippen molar-refractivity contribution in [1.29, 1.82) is 5.26 Å². The van der Waals surface area contributed by atoms with E-state index in [0.29, 0.717) is 5.56 Å². The van der Waals surface area contributed by atoms with Crippen molar-refractivity contribution in [2.24, 2.45) is 5.16 Å². The first kappa shape index (κ1) is 19.4. The molecular formula is C26H20N2OSi. The van der Waals surface area contributed by atoms with E-state index in [1.54, 1.807) is 12.3 Å². The zero-order valence-corrected chi connectivity index (χ0v) is 17.3. The van der Waals surface area contributed by atoms with Gasteiger partial charge in [0.25, 0.3) is 0 Å². The van der Waals surface area contributed by atoms with Gasteiger partial charge < -0.3 is 4.53 Å². The van der Waals surface area contributed by atoms with Crippen molar-refractivity contribution in [2.75, 3.05) is 0 Å². The van der Waals surface area contributed by atoms with Crippen molar-refractivity contribution >= 4 is 30.1 Å². The number of rotatable bonds is 6. The highest BCUT2D eigenvalue weighted by Gasteiger charge is 2.44. The Bertz CT molecular complexity index is 1070. The standard InChI is InChI=1S/C26H20N2OSi/c27-20-22-12-10-11-13-23(22)21-28-29-30(24-14-4-1-5-15-24,25-16-6-2-7-17-25)26-18-8-3-9-19-26/h1-19,21H. The van der Waals surface area contributed by atoms with Crippen molar-refractivity contribution in [3.05, 3.63) is 126 Å². The summed E-state index contributed by atoms with van der Waals surface area (Å²) in [6.45, 7) is 0. The van der Waals surface area contributed by atoms with Gasteiger partial charge in [-0.3, -0.25) is 0 Å². The molecule has 4 rings (SSSR count). The monoisotopic (exact) mass is 404 g/mol. The average Bonchev–Trinajstić information content (AvgIpc) is 2.84. The van der Waals surface area contributed by atoms with E-state index in [1.807, 2.05) is 72.8 Å². The molecule has 0 radical (unpaired) electrons. The van der Waals surface area contributed by atoms with Crippen LogP contribution in [0.4, 0.5) is 0 Å². The lowest BCUT2D eigenvalue weighted by Crippen LogP contribution is -2.68. The molecule has 0 heterocycles. The Kier molecular flexibility index (Phi) is 5.84. The van der Waals surface area contributed by atoms with Crippen LogP contribution in [-0.4, -0.2) is 14.5 Å². The first-order chi connectivity index (χ1) is 14.8. The zero-order valence-electron chi connectivity index (χ0n) is 16.3. The minimum atomic E-state index is -2.89. The van der Waals surface area contributed by atoms with Crippen LogP contribution in [0.3, 0.4) is 0 Å². The molecule has 0 aliphatic heterocycles. The fourth-order valence-corrected chi connectivity index (χ4v) is 7.06. The second-order valence-electron chi connectivity index (χ2n) is 6.80. The van der Waals surface area contributed by atoms with E-state index in [1.165, 1.54) is 0 Å². The third kappa shape index (κ3) is 3.79. The lowest BCUT2D eigenvalue weighted by atomic mass is 10.1.